The number of hydrogen-bond donors (Lipinski definition) is 0. The summed E-state index contributed by atoms with van der Waals surface area (Å²) in [5.74, 6) is 0. The van der Waals surface area contributed by atoms with E-state index in [0.29, 0.717) is 0 Å². The van der Waals surface area contributed by atoms with Gasteiger partial charge >= 0.3 is 0 Å². The third-order valence-electron chi connectivity index (χ3n) is 11.6. The molecule has 0 atom stereocenters. The van der Waals surface area contributed by atoms with Crippen LogP contribution in [0.25, 0.3) is 86.5 Å². The summed E-state index contributed by atoms with van der Waals surface area (Å²) in [6.07, 6.45) is 0. The van der Waals surface area contributed by atoms with Gasteiger partial charge in [0.2, 0.25) is 0 Å². The highest BCUT2D eigenvalue weighted by Crippen LogP contribution is 2.43. The van der Waals surface area contributed by atoms with E-state index >= 15 is 0 Å². The van der Waals surface area contributed by atoms with Crippen molar-refractivity contribution in [3.05, 3.63) is 218 Å². The van der Waals surface area contributed by atoms with Crippen molar-refractivity contribution in [3.8, 4) is 44.6 Å². The molecule has 0 saturated carbocycles. The van der Waals surface area contributed by atoms with Crippen molar-refractivity contribution in [3.63, 3.8) is 0 Å². The van der Waals surface area contributed by atoms with Crippen LogP contribution in [0, 0.1) is 6.92 Å². The zero-order valence-electron chi connectivity index (χ0n) is 32.5. The maximum atomic E-state index is 5.38. The number of pyridine rings is 1. The molecule has 11 aromatic rings. The van der Waals surface area contributed by atoms with Gasteiger partial charge in [0, 0.05) is 48.2 Å². The molecule has 0 aliphatic carbocycles. The molecule has 2 aromatic heterocycles. The van der Waals surface area contributed by atoms with Gasteiger partial charge in [0.25, 0.3) is 0 Å². The third-order valence-corrected chi connectivity index (χ3v) is 12.7. The molecule has 278 valence electrons. The molecule has 0 saturated heterocycles. The standard InChI is InChI=1S/C56H38N2S/c1-37-55(44-27-32-49-51-34-42-17-8-9-18-43(42)35-54(51)59-53(49)36-44)50-21-10-11-22-52(50)57-56(37)45-19-12-20-48(33-45)58(46-28-23-40(24-29-46)38-13-4-2-5-14-38)47-30-25-41(26-31-47)39-15-6-3-7-16-39/h2-36H,1H3. The number of benzene rings is 9. The van der Waals surface area contributed by atoms with Gasteiger partial charge in [-0.25, -0.2) is 4.98 Å². The Morgan fingerprint density at radius 2 is 0.915 bits per heavy atom. The van der Waals surface area contributed by atoms with Crippen molar-refractivity contribution >= 4 is 70.2 Å². The van der Waals surface area contributed by atoms with E-state index in [-0.39, 0.29) is 0 Å². The molecule has 0 radical (unpaired) electrons. The quantitative estimate of drug-likeness (QED) is 0.160. The van der Waals surface area contributed by atoms with Crippen LogP contribution in [-0.4, -0.2) is 4.98 Å². The Hall–Kier alpha value is -7.33. The van der Waals surface area contributed by atoms with E-state index in [1.54, 1.807) is 0 Å². The minimum atomic E-state index is 0.987. The van der Waals surface area contributed by atoms with E-state index in [2.05, 4.69) is 224 Å². The minimum absolute atomic E-state index is 0.987. The molecule has 3 heteroatoms. The predicted molar refractivity (Wildman–Crippen MR) is 253 cm³/mol. The normalized spacial score (nSPS) is 11.5. The molecule has 9 aromatic carbocycles. The van der Waals surface area contributed by atoms with Crippen LogP contribution in [-0.2, 0) is 0 Å². The van der Waals surface area contributed by atoms with E-state index in [4.69, 9.17) is 4.98 Å². The number of anilines is 3. The molecule has 0 spiro atoms. The highest BCUT2D eigenvalue weighted by Gasteiger charge is 2.19. The van der Waals surface area contributed by atoms with Gasteiger partial charge in [0.15, 0.2) is 0 Å². The van der Waals surface area contributed by atoms with E-state index in [1.807, 2.05) is 11.3 Å². The number of thiophene rings is 1. The smallest absolute Gasteiger partial charge is 0.0745 e. The summed E-state index contributed by atoms with van der Waals surface area (Å²) >= 11 is 1.88. The summed E-state index contributed by atoms with van der Waals surface area (Å²) in [5.41, 5.74) is 14.7. The number of para-hydroxylation sites is 1. The van der Waals surface area contributed by atoms with Crippen LogP contribution in [0.3, 0.4) is 0 Å². The summed E-state index contributed by atoms with van der Waals surface area (Å²) in [6, 6.07) is 76.7. The molecule has 0 amide bonds. The van der Waals surface area contributed by atoms with E-state index in [9.17, 15) is 0 Å². The van der Waals surface area contributed by atoms with Crippen molar-refractivity contribution < 1.29 is 0 Å². The van der Waals surface area contributed by atoms with Crippen LogP contribution >= 0.6 is 11.3 Å². The van der Waals surface area contributed by atoms with E-state index in [1.165, 1.54) is 64.3 Å². The van der Waals surface area contributed by atoms with E-state index in [0.717, 1.165) is 44.8 Å². The second-order valence-corrected chi connectivity index (χ2v) is 16.3. The maximum absolute atomic E-state index is 5.38. The SMILES string of the molecule is Cc1c(-c2cccc(N(c3ccc(-c4ccccc4)cc3)c3ccc(-c4ccccc4)cc3)c2)nc2ccccc2c1-c1ccc2c(c1)sc1cc3ccccc3cc12. The average Bonchev–Trinajstić information content (AvgIpc) is 3.65. The second kappa shape index (κ2) is 14.6. The lowest BCUT2D eigenvalue weighted by molar-refractivity contribution is 1.27. The zero-order valence-corrected chi connectivity index (χ0v) is 33.3. The van der Waals surface area contributed by atoms with Gasteiger partial charge in [0.05, 0.1) is 11.2 Å². The zero-order chi connectivity index (χ0) is 39.3. The fourth-order valence-electron chi connectivity index (χ4n) is 8.68. The molecule has 0 fully saturated rings. The van der Waals surface area contributed by atoms with Gasteiger partial charge < -0.3 is 4.90 Å². The van der Waals surface area contributed by atoms with Gasteiger partial charge in [0.1, 0.15) is 0 Å². The topological polar surface area (TPSA) is 16.1 Å². The predicted octanol–water partition coefficient (Wildman–Crippen LogP) is 16.2. The lowest BCUT2D eigenvalue weighted by atomic mass is 9.92. The van der Waals surface area contributed by atoms with Crippen molar-refractivity contribution in [2.45, 2.75) is 6.92 Å². The van der Waals surface area contributed by atoms with Crippen molar-refractivity contribution in [1.82, 2.24) is 4.98 Å². The Bertz CT molecular complexity index is 3230. The van der Waals surface area contributed by atoms with Crippen LogP contribution in [0.1, 0.15) is 5.56 Å². The number of nitrogens with zero attached hydrogens (tertiary/aromatic N) is 2. The Labute approximate surface area is 347 Å². The van der Waals surface area contributed by atoms with Gasteiger partial charge in [-0.05, 0) is 117 Å². The fraction of sp³-hybridized carbons (Fsp3) is 0.0179. The Balaban J connectivity index is 1.04. The number of hydrogen-bond acceptors (Lipinski definition) is 3. The third kappa shape index (κ3) is 6.33. The van der Waals surface area contributed by atoms with Gasteiger partial charge in [-0.2, -0.15) is 0 Å². The molecule has 2 heterocycles. The first-order chi connectivity index (χ1) is 29.1. The number of aromatic nitrogens is 1. The first-order valence-corrected chi connectivity index (χ1v) is 20.9. The van der Waals surface area contributed by atoms with Gasteiger partial charge in [-0.15, -0.1) is 11.3 Å². The van der Waals surface area contributed by atoms with Crippen LogP contribution in [0.4, 0.5) is 17.1 Å². The molecule has 0 bridgehead atoms. The summed E-state index contributed by atoms with van der Waals surface area (Å²) in [4.78, 5) is 7.73. The fourth-order valence-corrected chi connectivity index (χ4v) is 9.86. The van der Waals surface area contributed by atoms with Gasteiger partial charge in [-0.1, -0.05) is 152 Å². The monoisotopic (exact) mass is 770 g/mol. The molecule has 11 rings (SSSR count). The second-order valence-electron chi connectivity index (χ2n) is 15.2. The van der Waals surface area contributed by atoms with Crippen LogP contribution in [0.5, 0.6) is 0 Å². The summed E-state index contributed by atoms with van der Waals surface area (Å²) < 4.78 is 2.61. The molecule has 2 nitrogen and oxygen atoms in total. The molecule has 0 N–H and O–H groups in total. The van der Waals surface area contributed by atoms with Crippen LogP contribution < -0.4 is 4.90 Å². The average molecular weight is 771 g/mol. The van der Waals surface area contributed by atoms with Crippen molar-refractivity contribution in [2.24, 2.45) is 0 Å². The highest BCUT2D eigenvalue weighted by atomic mass is 32.1. The number of rotatable bonds is 7. The van der Waals surface area contributed by atoms with Crippen LogP contribution in [0.15, 0.2) is 212 Å². The lowest BCUT2D eigenvalue weighted by Crippen LogP contribution is -2.10. The van der Waals surface area contributed by atoms with Gasteiger partial charge in [-0.3, -0.25) is 0 Å². The molecule has 59 heavy (non-hydrogen) atoms. The summed E-state index contributed by atoms with van der Waals surface area (Å²) in [7, 11) is 0. The molecule has 0 unspecified atom stereocenters. The van der Waals surface area contributed by atoms with Crippen molar-refractivity contribution in [1.29, 1.82) is 0 Å². The first kappa shape index (κ1) is 34.9. The molecular formula is C56H38N2S. The maximum Gasteiger partial charge on any atom is 0.0745 e. The number of fused-ring (bicyclic) bond motifs is 5. The highest BCUT2D eigenvalue weighted by molar-refractivity contribution is 7.25. The first-order valence-electron chi connectivity index (χ1n) is 20.1. The Morgan fingerprint density at radius 1 is 0.373 bits per heavy atom. The summed E-state index contributed by atoms with van der Waals surface area (Å²) in [5, 5.41) is 6.34. The lowest BCUT2D eigenvalue weighted by Gasteiger charge is -2.26. The van der Waals surface area contributed by atoms with Crippen LogP contribution in [0.2, 0.25) is 0 Å². The Morgan fingerprint density at radius 3 is 1.59 bits per heavy atom. The molecular weight excluding hydrogens is 733 g/mol. The molecule has 0 aliphatic heterocycles. The minimum Gasteiger partial charge on any atom is -0.310 e. The van der Waals surface area contributed by atoms with E-state index < -0.39 is 0 Å². The largest absolute Gasteiger partial charge is 0.310 e. The summed E-state index contributed by atoms with van der Waals surface area (Å²) in [6.45, 7) is 2.24. The molecule has 0 aliphatic rings. The Kier molecular flexibility index (Phi) is 8.61. The van der Waals surface area contributed by atoms with Crippen molar-refractivity contribution in [2.75, 3.05) is 4.90 Å².